The smallest absolute Gasteiger partial charge is 0.159 e. The third-order valence-electron chi connectivity index (χ3n) is 2.48. The molecule has 0 bridgehead atoms. The Kier molecular flexibility index (Phi) is 2.23. The summed E-state index contributed by atoms with van der Waals surface area (Å²) in [6, 6.07) is 7.29. The lowest BCUT2D eigenvalue weighted by molar-refractivity contribution is 0.101. The quantitative estimate of drug-likeness (QED) is 0.670. The lowest BCUT2D eigenvalue weighted by Crippen LogP contribution is -2.48. The van der Waals surface area contributed by atoms with Crippen LogP contribution < -0.4 is 4.90 Å². The Bertz CT molecular complexity index is 341. The van der Waals surface area contributed by atoms with E-state index in [0.29, 0.717) is 18.7 Å². The van der Waals surface area contributed by atoms with Crippen LogP contribution in [0.3, 0.4) is 0 Å². The first-order valence-corrected chi connectivity index (χ1v) is 4.67. The van der Waals surface area contributed by atoms with Crippen LogP contribution >= 0.6 is 0 Å². The van der Waals surface area contributed by atoms with Gasteiger partial charge in [0, 0.05) is 11.3 Å². The standard InChI is InChI=1S/C11H12FNO/c1-8(14)9-2-4-11(5-3-9)13-6-10(12)7-13/h2-5,10H,6-7H2,1H3. The second-order valence-electron chi connectivity index (χ2n) is 3.61. The van der Waals surface area contributed by atoms with Gasteiger partial charge < -0.3 is 4.90 Å². The van der Waals surface area contributed by atoms with Gasteiger partial charge in [0.15, 0.2) is 5.78 Å². The monoisotopic (exact) mass is 193 g/mol. The molecule has 74 valence electrons. The summed E-state index contributed by atoms with van der Waals surface area (Å²) >= 11 is 0. The number of carbonyl (C=O) groups excluding carboxylic acids is 1. The molecule has 1 aliphatic rings. The summed E-state index contributed by atoms with van der Waals surface area (Å²) in [5.41, 5.74) is 1.69. The van der Waals surface area contributed by atoms with E-state index in [1.165, 1.54) is 6.92 Å². The molecule has 1 aliphatic heterocycles. The molecule has 3 heteroatoms. The van der Waals surface area contributed by atoms with Gasteiger partial charge in [0.2, 0.25) is 0 Å². The molecule has 0 spiro atoms. The van der Waals surface area contributed by atoms with Crippen LogP contribution in [0.2, 0.25) is 0 Å². The summed E-state index contributed by atoms with van der Waals surface area (Å²) in [6.45, 7) is 2.48. The van der Waals surface area contributed by atoms with E-state index >= 15 is 0 Å². The number of nitrogens with zero attached hydrogens (tertiary/aromatic N) is 1. The molecule has 0 aromatic heterocycles. The van der Waals surface area contributed by atoms with Crippen molar-refractivity contribution < 1.29 is 9.18 Å². The molecule has 0 saturated carbocycles. The van der Waals surface area contributed by atoms with Gasteiger partial charge in [-0.2, -0.15) is 0 Å². The molecule has 1 aromatic carbocycles. The number of rotatable bonds is 2. The zero-order valence-corrected chi connectivity index (χ0v) is 8.03. The van der Waals surface area contributed by atoms with E-state index in [9.17, 15) is 9.18 Å². The zero-order chi connectivity index (χ0) is 10.1. The van der Waals surface area contributed by atoms with Gasteiger partial charge in [-0.25, -0.2) is 4.39 Å². The predicted molar refractivity (Wildman–Crippen MR) is 53.6 cm³/mol. The van der Waals surface area contributed by atoms with E-state index < -0.39 is 6.17 Å². The van der Waals surface area contributed by atoms with Crippen LogP contribution in [0.5, 0.6) is 0 Å². The molecule has 2 rings (SSSR count). The van der Waals surface area contributed by atoms with E-state index in [0.717, 1.165) is 5.69 Å². The maximum atomic E-state index is 12.6. The highest BCUT2D eigenvalue weighted by Gasteiger charge is 2.25. The average molecular weight is 193 g/mol. The lowest BCUT2D eigenvalue weighted by atomic mass is 10.1. The van der Waals surface area contributed by atoms with Crippen molar-refractivity contribution in [3.63, 3.8) is 0 Å². The molecule has 1 heterocycles. The summed E-state index contributed by atoms with van der Waals surface area (Å²) in [5.74, 6) is 0.0588. The number of halogens is 1. The molecule has 1 saturated heterocycles. The van der Waals surface area contributed by atoms with Crippen molar-refractivity contribution in [1.82, 2.24) is 0 Å². The fraction of sp³-hybridized carbons (Fsp3) is 0.364. The zero-order valence-electron chi connectivity index (χ0n) is 8.03. The fourth-order valence-electron chi connectivity index (χ4n) is 1.54. The Hall–Kier alpha value is -1.38. The third-order valence-corrected chi connectivity index (χ3v) is 2.48. The third kappa shape index (κ3) is 1.62. The van der Waals surface area contributed by atoms with Gasteiger partial charge in [-0.3, -0.25) is 4.79 Å². The first kappa shape index (κ1) is 9.19. The molecule has 14 heavy (non-hydrogen) atoms. The maximum Gasteiger partial charge on any atom is 0.159 e. The van der Waals surface area contributed by atoms with Crippen LogP contribution in [-0.2, 0) is 0 Å². The van der Waals surface area contributed by atoms with E-state index in [1.54, 1.807) is 12.1 Å². The van der Waals surface area contributed by atoms with Crippen molar-refractivity contribution in [1.29, 1.82) is 0 Å². The van der Waals surface area contributed by atoms with Crippen LogP contribution in [-0.4, -0.2) is 25.0 Å². The minimum atomic E-state index is -0.692. The Labute approximate surface area is 82.3 Å². The van der Waals surface area contributed by atoms with Crippen molar-refractivity contribution in [3.05, 3.63) is 29.8 Å². The fourth-order valence-corrected chi connectivity index (χ4v) is 1.54. The van der Waals surface area contributed by atoms with Gasteiger partial charge >= 0.3 is 0 Å². The summed E-state index contributed by atoms with van der Waals surface area (Å²) in [6.07, 6.45) is -0.692. The normalized spacial score (nSPS) is 16.6. The summed E-state index contributed by atoms with van der Waals surface area (Å²) in [7, 11) is 0. The molecular formula is C11H12FNO. The van der Waals surface area contributed by atoms with Crippen molar-refractivity contribution in [3.8, 4) is 0 Å². The Morgan fingerprint density at radius 3 is 2.36 bits per heavy atom. The van der Waals surface area contributed by atoms with Gasteiger partial charge in [-0.15, -0.1) is 0 Å². The highest BCUT2D eigenvalue weighted by Crippen LogP contribution is 2.22. The number of hydrogen-bond acceptors (Lipinski definition) is 2. The molecule has 0 N–H and O–H groups in total. The Morgan fingerprint density at radius 2 is 1.93 bits per heavy atom. The summed E-state index contributed by atoms with van der Waals surface area (Å²) < 4.78 is 12.6. The second-order valence-corrected chi connectivity index (χ2v) is 3.61. The number of hydrogen-bond donors (Lipinski definition) is 0. The Balaban J connectivity index is 2.10. The number of ketones is 1. The topological polar surface area (TPSA) is 20.3 Å². The predicted octanol–water partition coefficient (Wildman–Crippen LogP) is 2.05. The van der Waals surface area contributed by atoms with Crippen LogP contribution in [0.1, 0.15) is 17.3 Å². The van der Waals surface area contributed by atoms with Crippen LogP contribution in [0.25, 0.3) is 0 Å². The minimum absolute atomic E-state index is 0.0588. The summed E-state index contributed by atoms with van der Waals surface area (Å²) in [4.78, 5) is 12.9. The van der Waals surface area contributed by atoms with E-state index in [-0.39, 0.29) is 5.78 Å². The first-order valence-electron chi connectivity index (χ1n) is 4.67. The lowest BCUT2D eigenvalue weighted by Gasteiger charge is -2.36. The molecule has 0 radical (unpaired) electrons. The van der Waals surface area contributed by atoms with Gasteiger partial charge in [-0.1, -0.05) is 0 Å². The molecular weight excluding hydrogens is 181 g/mol. The van der Waals surface area contributed by atoms with E-state index in [1.807, 2.05) is 17.0 Å². The van der Waals surface area contributed by atoms with Gasteiger partial charge in [0.05, 0.1) is 13.1 Å². The molecule has 1 aromatic rings. The van der Waals surface area contributed by atoms with Crippen molar-refractivity contribution in [2.24, 2.45) is 0 Å². The van der Waals surface area contributed by atoms with E-state index in [4.69, 9.17) is 0 Å². The van der Waals surface area contributed by atoms with Gasteiger partial charge in [0.1, 0.15) is 6.17 Å². The summed E-state index contributed by atoms with van der Waals surface area (Å²) in [5, 5.41) is 0. The van der Waals surface area contributed by atoms with Crippen molar-refractivity contribution >= 4 is 11.5 Å². The van der Waals surface area contributed by atoms with E-state index in [2.05, 4.69) is 0 Å². The Morgan fingerprint density at radius 1 is 1.36 bits per heavy atom. The number of Topliss-reactive ketones (excluding diaryl/α,β-unsaturated/α-hetero) is 1. The number of anilines is 1. The SMILES string of the molecule is CC(=O)c1ccc(N2CC(F)C2)cc1. The van der Waals surface area contributed by atoms with Crippen LogP contribution in [0, 0.1) is 0 Å². The molecule has 0 amide bonds. The van der Waals surface area contributed by atoms with Gasteiger partial charge in [-0.05, 0) is 31.2 Å². The van der Waals surface area contributed by atoms with Crippen LogP contribution in [0.15, 0.2) is 24.3 Å². The average Bonchev–Trinajstić information content (AvgIpc) is 2.13. The molecule has 0 unspecified atom stereocenters. The minimum Gasteiger partial charge on any atom is -0.366 e. The largest absolute Gasteiger partial charge is 0.366 e. The number of alkyl halides is 1. The molecule has 1 fully saturated rings. The second kappa shape index (κ2) is 3.40. The number of benzene rings is 1. The van der Waals surface area contributed by atoms with Crippen molar-refractivity contribution in [2.75, 3.05) is 18.0 Å². The molecule has 2 nitrogen and oxygen atoms in total. The molecule has 0 atom stereocenters. The van der Waals surface area contributed by atoms with Crippen molar-refractivity contribution in [2.45, 2.75) is 13.1 Å². The maximum absolute atomic E-state index is 12.6. The highest BCUT2D eigenvalue weighted by molar-refractivity contribution is 5.94. The molecule has 0 aliphatic carbocycles. The van der Waals surface area contributed by atoms with Gasteiger partial charge in [0.25, 0.3) is 0 Å². The highest BCUT2D eigenvalue weighted by atomic mass is 19.1. The van der Waals surface area contributed by atoms with Crippen LogP contribution in [0.4, 0.5) is 10.1 Å². The first-order chi connectivity index (χ1) is 6.66. The number of carbonyl (C=O) groups is 1.